The van der Waals surface area contributed by atoms with Crippen molar-refractivity contribution in [2.24, 2.45) is 5.73 Å². The highest BCUT2D eigenvalue weighted by molar-refractivity contribution is 5.77. The van der Waals surface area contributed by atoms with E-state index in [-0.39, 0.29) is 11.9 Å². The summed E-state index contributed by atoms with van der Waals surface area (Å²) in [6.45, 7) is 3.53. The summed E-state index contributed by atoms with van der Waals surface area (Å²) in [6.07, 6.45) is 1.49. The third kappa shape index (κ3) is 1.48. The molecule has 0 aromatic carbocycles. The van der Waals surface area contributed by atoms with E-state index in [1.807, 2.05) is 11.8 Å². The second-order valence-electron chi connectivity index (χ2n) is 2.73. The first-order valence-electron chi connectivity index (χ1n) is 3.77. The number of hydrogen-bond donors (Lipinski definition) is 1. The second-order valence-corrected chi connectivity index (χ2v) is 2.73. The fraction of sp³-hybridized carbons (Fsp3) is 0.857. The first-order valence-corrected chi connectivity index (χ1v) is 3.77. The molecule has 0 spiro atoms. The molecular formula is C7H14N2O. The fourth-order valence-electron chi connectivity index (χ4n) is 1.25. The van der Waals surface area contributed by atoms with Crippen molar-refractivity contribution in [1.29, 1.82) is 0 Å². The molecular weight excluding hydrogens is 128 g/mol. The van der Waals surface area contributed by atoms with Gasteiger partial charge in [0.15, 0.2) is 0 Å². The van der Waals surface area contributed by atoms with Crippen molar-refractivity contribution < 1.29 is 4.79 Å². The normalized spacial score (nSPS) is 27.2. The van der Waals surface area contributed by atoms with Gasteiger partial charge in [0.25, 0.3) is 0 Å². The summed E-state index contributed by atoms with van der Waals surface area (Å²) in [7, 11) is 0. The first-order chi connectivity index (χ1) is 4.74. The Morgan fingerprint density at radius 3 is 3.00 bits per heavy atom. The number of piperidine rings is 1. The average Bonchev–Trinajstić information content (AvgIpc) is 1.94. The summed E-state index contributed by atoms with van der Waals surface area (Å²) < 4.78 is 0. The summed E-state index contributed by atoms with van der Waals surface area (Å²) in [4.78, 5) is 12.9. The third-order valence-corrected chi connectivity index (χ3v) is 1.92. The van der Waals surface area contributed by atoms with Crippen molar-refractivity contribution in [2.45, 2.75) is 25.8 Å². The smallest absolute Gasteiger partial charge is 0.222 e. The van der Waals surface area contributed by atoms with E-state index in [9.17, 15) is 4.79 Å². The Hall–Kier alpha value is -0.570. The molecule has 1 saturated heterocycles. The van der Waals surface area contributed by atoms with Crippen LogP contribution in [0.15, 0.2) is 0 Å². The number of hydrogen-bond acceptors (Lipinski definition) is 2. The minimum atomic E-state index is 0.206. The molecule has 58 valence electrons. The predicted octanol–water partition coefficient (Wildman–Crippen LogP) is -0.0440. The van der Waals surface area contributed by atoms with Gasteiger partial charge in [-0.1, -0.05) is 0 Å². The van der Waals surface area contributed by atoms with Crippen LogP contribution in [0.3, 0.4) is 0 Å². The van der Waals surface area contributed by atoms with Crippen LogP contribution in [-0.4, -0.2) is 29.9 Å². The van der Waals surface area contributed by atoms with Crippen molar-refractivity contribution >= 4 is 5.91 Å². The molecule has 0 aliphatic carbocycles. The maximum absolute atomic E-state index is 11.0. The zero-order valence-corrected chi connectivity index (χ0v) is 6.34. The van der Waals surface area contributed by atoms with Crippen LogP contribution in [0.1, 0.15) is 19.8 Å². The molecule has 1 rings (SSSR count). The monoisotopic (exact) mass is 142 g/mol. The van der Waals surface area contributed by atoms with Crippen LogP contribution in [0.2, 0.25) is 0 Å². The highest BCUT2D eigenvalue weighted by atomic mass is 16.2. The van der Waals surface area contributed by atoms with Crippen molar-refractivity contribution in [2.75, 3.05) is 13.1 Å². The van der Waals surface area contributed by atoms with Crippen LogP contribution in [0.5, 0.6) is 0 Å². The maximum atomic E-state index is 11.0. The van der Waals surface area contributed by atoms with Crippen LogP contribution in [0.4, 0.5) is 0 Å². The van der Waals surface area contributed by atoms with Gasteiger partial charge in [0.1, 0.15) is 0 Å². The largest absolute Gasteiger partial charge is 0.341 e. The van der Waals surface area contributed by atoms with Gasteiger partial charge in [-0.05, 0) is 13.3 Å². The van der Waals surface area contributed by atoms with Gasteiger partial charge >= 0.3 is 0 Å². The van der Waals surface area contributed by atoms with Gasteiger partial charge in [0.2, 0.25) is 5.91 Å². The van der Waals surface area contributed by atoms with Crippen molar-refractivity contribution in [1.82, 2.24) is 4.90 Å². The SMILES string of the molecule is CCN1C[C@@H](N)CCC1=O. The quantitative estimate of drug-likeness (QED) is 0.558. The molecule has 3 nitrogen and oxygen atoms in total. The van der Waals surface area contributed by atoms with E-state index in [0.29, 0.717) is 6.42 Å². The first kappa shape index (κ1) is 7.54. The molecule has 2 N–H and O–H groups in total. The Morgan fingerprint density at radius 1 is 1.80 bits per heavy atom. The summed E-state index contributed by atoms with van der Waals surface area (Å²) in [6, 6.07) is 0.206. The van der Waals surface area contributed by atoms with Crippen LogP contribution in [0, 0.1) is 0 Å². The van der Waals surface area contributed by atoms with E-state index in [0.717, 1.165) is 19.5 Å². The molecule has 1 heterocycles. The molecule has 3 heteroatoms. The van der Waals surface area contributed by atoms with E-state index >= 15 is 0 Å². The maximum Gasteiger partial charge on any atom is 0.222 e. The van der Waals surface area contributed by atoms with Gasteiger partial charge in [-0.2, -0.15) is 0 Å². The van der Waals surface area contributed by atoms with Gasteiger partial charge in [-0.3, -0.25) is 4.79 Å². The number of carbonyl (C=O) groups is 1. The van der Waals surface area contributed by atoms with Crippen molar-refractivity contribution in [3.8, 4) is 0 Å². The second kappa shape index (κ2) is 3.01. The van der Waals surface area contributed by atoms with Crippen molar-refractivity contribution in [3.05, 3.63) is 0 Å². The lowest BCUT2D eigenvalue weighted by Crippen LogP contribution is -2.45. The number of nitrogens with zero attached hydrogens (tertiary/aromatic N) is 1. The molecule has 0 bridgehead atoms. The molecule has 1 aliphatic rings. The zero-order chi connectivity index (χ0) is 7.56. The average molecular weight is 142 g/mol. The summed E-state index contributed by atoms with van der Waals surface area (Å²) in [5, 5.41) is 0. The number of nitrogens with two attached hydrogens (primary N) is 1. The standard InChI is InChI=1S/C7H14N2O/c1-2-9-5-6(8)3-4-7(9)10/h6H,2-5,8H2,1H3/t6-/m0/s1. The number of amides is 1. The highest BCUT2D eigenvalue weighted by Gasteiger charge is 2.20. The molecule has 0 saturated carbocycles. The molecule has 0 aromatic heterocycles. The minimum Gasteiger partial charge on any atom is -0.341 e. The molecule has 10 heavy (non-hydrogen) atoms. The minimum absolute atomic E-state index is 0.206. The summed E-state index contributed by atoms with van der Waals surface area (Å²) in [5.74, 6) is 0.254. The van der Waals surface area contributed by atoms with Crippen LogP contribution < -0.4 is 5.73 Å². The summed E-state index contributed by atoms with van der Waals surface area (Å²) in [5.41, 5.74) is 5.67. The van der Waals surface area contributed by atoms with Crippen molar-refractivity contribution in [3.63, 3.8) is 0 Å². The molecule has 1 fully saturated rings. The lowest BCUT2D eigenvalue weighted by molar-refractivity contribution is -0.133. The lowest BCUT2D eigenvalue weighted by atomic mass is 10.1. The van der Waals surface area contributed by atoms with Gasteiger partial charge in [0, 0.05) is 25.6 Å². The Morgan fingerprint density at radius 2 is 2.50 bits per heavy atom. The Labute approximate surface area is 61.2 Å². The van der Waals surface area contributed by atoms with E-state index in [1.54, 1.807) is 0 Å². The Balaban J connectivity index is 2.45. The Bertz CT molecular complexity index is 136. The molecule has 1 atom stereocenters. The van der Waals surface area contributed by atoms with E-state index in [1.165, 1.54) is 0 Å². The van der Waals surface area contributed by atoms with Gasteiger partial charge in [-0.25, -0.2) is 0 Å². The number of likely N-dealkylation sites (N-methyl/N-ethyl adjacent to an activating group) is 1. The molecule has 0 aromatic rings. The highest BCUT2D eigenvalue weighted by Crippen LogP contribution is 2.08. The van der Waals surface area contributed by atoms with E-state index in [4.69, 9.17) is 5.73 Å². The van der Waals surface area contributed by atoms with E-state index < -0.39 is 0 Å². The number of carbonyl (C=O) groups excluding carboxylic acids is 1. The van der Waals surface area contributed by atoms with E-state index in [2.05, 4.69) is 0 Å². The topological polar surface area (TPSA) is 46.3 Å². The van der Waals surface area contributed by atoms with Gasteiger partial charge in [0.05, 0.1) is 0 Å². The molecule has 1 aliphatic heterocycles. The predicted molar refractivity (Wildman–Crippen MR) is 39.5 cm³/mol. The van der Waals surface area contributed by atoms with Crippen LogP contribution in [-0.2, 0) is 4.79 Å². The molecule has 0 unspecified atom stereocenters. The number of likely N-dealkylation sites (tertiary alicyclic amines) is 1. The summed E-state index contributed by atoms with van der Waals surface area (Å²) >= 11 is 0. The van der Waals surface area contributed by atoms with Gasteiger partial charge < -0.3 is 10.6 Å². The number of rotatable bonds is 1. The van der Waals surface area contributed by atoms with Crippen LogP contribution in [0.25, 0.3) is 0 Å². The zero-order valence-electron chi connectivity index (χ0n) is 6.34. The molecule has 1 amide bonds. The van der Waals surface area contributed by atoms with Crippen LogP contribution >= 0.6 is 0 Å². The van der Waals surface area contributed by atoms with Gasteiger partial charge in [-0.15, -0.1) is 0 Å². The third-order valence-electron chi connectivity index (χ3n) is 1.92. The lowest BCUT2D eigenvalue weighted by Gasteiger charge is -2.29. The fourth-order valence-corrected chi connectivity index (χ4v) is 1.25. The Kier molecular flexibility index (Phi) is 2.27. The molecule has 0 radical (unpaired) electrons.